The van der Waals surface area contributed by atoms with Gasteiger partial charge in [-0.3, -0.25) is 0 Å². The van der Waals surface area contributed by atoms with Crippen LogP contribution in [0.5, 0.6) is 0 Å². The molecule has 2 aliphatic rings. The fourth-order valence-corrected chi connectivity index (χ4v) is 18.0. The molecule has 0 saturated heterocycles. The first-order valence-electron chi connectivity index (χ1n) is 15.0. The molecule has 0 aliphatic heterocycles. The number of benzene rings is 4. The second-order valence-corrected chi connectivity index (χ2v) is 21.5. The molecule has 0 amide bonds. The van der Waals surface area contributed by atoms with Gasteiger partial charge >= 0.3 is 247 Å². The van der Waals surface area contributed by atoms with Gasteiger partial charge in [0.25, 0.3) is 0 Å². The van der Waals surface area contributed by atoms with E-state index in [4.69, 9.17) is 0 Å². The zero-order chi connectivity index (χ0) is 28.1. The van der Waals surface area contributed by atoms with Crippen LogP contribution in [-0.4, -0.2) is 4.11 Å². The topological polar surface area (TPSA) is 0 Å². The van der Waals surface area contributed by atoms with Gasteiger partial charge in [-0.2, -0.15) is 0 Å². The van der Waals surface area contributed by atoms with Crippen molar-refractivity contribution in [2.45, 2.75) is 63.3 Å². The average molecular weight is 574 g/mol. The van der Waals surface area contributed by atoms with E-state index in [1.165, 1.54) is 33.4 Å². The normalized spacial score (nSPS) is 14.4. The van der Waals surface area contributed by atoms with E-state index in [9.17, 15) is 0 Å². The molecule has 0 N–H and O–H groups in total. The molecule has 40 heavy (non-hydrogen) atoms. The number of allylic oxidation sites excluding steroid dienone is 4. The summed E-state index contributed by atoms with van der Waals surface area (Å²) in [5.74, 6) is 0. The van der Waals surface area contributed by atoms with Gasteiger partial charge in [-0.25, -0.2) is 0 Å². The van der Waals surface area contributed by atoms with Crippen LogP contribution < -0.4 is 0 Å². The number of hydrogen-bond donors (Lipinski definition) is 0. The van der Waals surface area contributed by atoms with Gasteiger partial charge < -0.3 is 0 Å². The Balaban J connectivity index is 1.71. The fourth-order valence-electron chi connectivity index (χ4n) is 7.08. The minimum atomic E-state index is -2.78. The third-order valence-corrected chi connectivity index (χ3v) is 19.3. The summed E-state index contributed by atoms with van der Waals surface area (Å²) in [6.45, 7) is 14.0. The molecule has 4 aromatic rings. The minimum absolute atomic E-state index is 0.112. The molecule has 0 nitrogen and oxygen atoms in total. The summed E-state index contributed by atoms with van der Waals surface area (Å²) >= 11 is -2.78. The van der Waals surface area contributed by atoms with E-state index < -0.39 is 15.5 Å². The zero-order valence-corrected chi connectivity index (χ0v) is 27.9. The van der Waals surface area contributed by atoms with Crippen LogP contribution in [0.3, 0.4) is 0 Å². The summed E-state index contributed by atoms with van der Waals surface area (Å²) in [5, 5.41) is 0. The second-order valence-electron chi connectivity index (χ2n) is 13.9. The molecule has 0 spiro atoms. The standard InChI is InChI=1S/C21H25.C13H10.C5H5.Zn/c1-20(2,3)16-9-7-14-11-15-8-10-17(21(4,5)6)13-19(15)18(14)12-16;1-3-7-12(8-4-1)11-13-9-5-2-6-10-13;1-2-4-5-3-1;/h7-13H,1-6H3;1-10H;1-3H,4H2;. The van der Waals surface area contributed by atoms with Gasteiger partial charge in [-0.05, 0) is 0 Å². The quantitative estimate of drug-likeness (QED) is 0.213. The molecule has 198 valence electrons. The van der Waals surface area contributed by atoms with Crippen molar-refractivity contribution in [3.8, 4) is 11.1 Å². The Morgan fingerprint density at radius 2 is 1.10 bits per heavy atom. The molecule has 0 saturated carbocycles. The van der Waals surface area contributed by atoms with Gasteiger partial charge in [-0.15, -0.1) is 0 Å². The van der Waals surface area contributed by atoms with Crippen LogP contribution in [0, 0.1) is 0 Å². The summed E-state index contributed by atoms with van der Waals surface area (Å²) in [7, 11) is 0. The fraction of sp³-hybridized carbons (Fsp3) is 0.256. The molecule has 6 rings (SSSR count). The van der Waals surface area contributed by atoms with Gasteiger partial charge in [0.2, 0.25) is 0 Å². The monoisotopic (exact) mass is 572 g/mol. The van der Waals surface area contributed by atoms with Gasteiger partial charge in [0, 0.05) is 0 Å². The van der Waals surface area contributed by atoms with E-state index in [1.54, 1.807) is 19.4 Å². The third kappa shape index (κ3) is 4.95. The van der Waals surface area contributed by atoms with Crippen molar-refractivity contribution in [1.82, 2.24) is 0 Å². The average Bonchev–Trinajstić information content (AvgIpc) is 3.58. The van der Waals surface area contributed by atoms with Gasteiger partial charge in [0.05, 0.1) is 0 Å². The van der Waals surface area contributed by atoms with Crippen LogP contribution in [0.1, 0.15) is 85.9 Å². The van der Waals surface area contributed by atoms with Crippen molar-refractivity contribution in [3.05, 3.63) is 153 Å². The van der Waals surface area contributed by atoms with Crippen molar-refractivity contribution in [1.29, 1.82) is 0 Å². The third-order valence-electron chi connectivity index (χ3n) is 9.25. The van der Waals surface area contributed by atoms with Gasteiger partial charge in [0.15, 0.2) is 0 Å². The molecule has 0 fully saturated rings. The Morgan fingerprint density at radius 3 is 1.50 bits per heavy atom. The Bertz CT molecular complexity index is 1550. The van der Waals surface area contributed by atoms with E-state index in [0.717, 1.165) is 6.42 Å². The van der Waals surface area contributed by atoms with Crippen molar-refractivity contribution < 1.29 is 15.5 Å². The predicted octanol–water partition coefficient (Wildman–Crippen LogP) is 10.1. The van der Waals surface area contributed by atoms with Crippen LogP contribution >= 0.6 is 0 Å². The molecule has 0 atom stereocenters. The molecule has 0 aromatic heterocycles. The van der Waals surface area contributed by atoms with Crippen LogP contribution in [0.15, 0.2) is 119 Å². The molecular formula is C39H40Zn. The Hall–Kier alpha value is -3.15. The van der Waals surface area contributed by atoms with Gasteiger partial charge in [0.1, 0.15) is 0 Å². The molecule has 1 heteroatoms. The molecular weight excluding hydrogens is 534 g/mol. The van der Waals surface area contributed by atoms with E-state index in [0.29, 0.717) is 4.51 Å². The number of hydrogen-bond acceptors (Lipinski definition) is 0. The van der Waals surface area contributed by atoms with Crippen molar-refractivity contribution >= 4 is 4.11 Å². The van der Waals surface area contributed by atoms with E-state index in [-0.39, 0.29) is 10.8 Å². The Morgan fingerprint density at radius 1 is 0.625 bits per heavy atom. The van der Waals surface area contributed by atoms with Crippen LogP contribution in [0.2, 0.25) is 0 Å². The molecule has 4 aromatic carbocycles. The van der Waals surface area contributed by atoms with E-state index >= 15 is 0 Å². The maximum atomic E-state index is 2.52. The van der Waals surface area contributed by atoms with E-state index in [1.807, 2.05) is 0 Å². The maximum absolute atomic E-state index is 2.78. The Labute approximate surface area is 245 Å². The second kappa shape index (κ2) is 10.4. The summed E-state index contributed by atoms with van der Waals surface area (Å²) in [5.41, 5.74) is 11.9. The first kappa shape index (κ1) is 27.0. The van der Waals surface area contributed by atoms with E-state index in [2.05, 4.69) is 157 Å². The molecule has 0 heterocycles. The molecule has 2 aliphatic carbocycles. The Kier molecular flexibility index (Phi) is 7.00. The van der Waals surface area contributed by atoms with Crippen molar-refractivity contribution in [2.24, 2.45) is 0 Å². The van der Waals surface area contributed by atoms with Crippen LogP contribution in [-0.2, 0) is 26.3 Å². The van der Waals surface area contributed by atoms with Crippen molar-refractivity contribution in [3.63, 3.8) is 0 Å². The van der Waals surface area contributed by atoms with Crippen molar-refractivity contribution in [2.75, 3.05) is 0 Å². The predicted molar refractivity (Wildman–Crippen MR) is 169 cm³/mol. The first-order chi connectivity index (χ1) is 19.1. The summed E-state index contributed by atoms with van der Waals surface area (Å²) in [4.78, 5) is 0. The first-order valence-corrected chi connectivity index (χ1v) is 19.6. The van der Waals surface area contributed by atoms with Crippen LogP contribution in [0.4, 0.5) is 0 Å². The number of rotatable bonds is 4. The zero-order valence-electron chi connectivity index (χ0n) is 25.0. The van der Waals surface area contributed by atoms with Gasteiger partial charge in [-0.1, -0.05) is 0 Å². The molecule has 0 unspecified atom stereocenters. The summed E-state index contributed by atoms with van der Waals surface area (Å²) < 4.78 is 3.78. The SMILES string of the molecule is CC(C)(C)c1ccc2c(c1)-c1cc(C(C)(C)C)ccc1[CH]2[Zn]([C]1=CC=CC1)=[C](c1ccccc1)c1ccccc1. The van der Waals surface area contributed by atoms with Crippen LogP contribution in [0.25, 0.3) is 11.1 Å². The summed E-state index contributed by atoms with van der Waals surface area (Å²) in [6.07, 6.45) is 8.23. The summed E-state index contributed by atoms with van der Waals surface area (Å²) in [6, 6.07) is 37.4. The number of fused-ring (bicyclic) bond motifs is 3. The molecule has 0 radical (unpaired) electrons. The molecule has 0 bridgehead atoms.